The van der Waals surface area contributed by atoms with Crippen LogP contribution in [-0.4, -0.2) is 9.78 Å². The van der Waals surface area contributed by atoms with E-state index in [1.165, 1.54) is 29.5 Å². The van der Waals surface area contributed by atoms with Crippen LogP contribution in [0.4, 0.5) is 0 Å². The molecule has 0 amide bonds. The predicted molar refractivity (Wildman–Crippen MR) is 105 cm³/mol. The van der Waals surface area contributed by atoms with Crippen molar-refractivity contribution in [3.63, 3.8) is 0 Å². The Kier molecular flexibility index (Phi) is 4.79. The fourth-order valence-corrected chi connectivity index (χ4v) is 4.08. The number of fused-ring (bicyclic) bond motifs is 1. The molecule has 0 aliphatic heterocycles. The van der Waals surface area contributed by atoms with E-state index in [0.717, 1.165) is 23.3 Å². The van der Waals surface area contributed by atoms with Crippen LogP contribution >= 0.6 is 11.6 Å². The maximum atomic E-state index is 12.7. The highest BCUT2D eigenvalue weighted by molar-refractivity contribution is 6.30. The number of hydrogen-bond acceptors (Lipinski definition) is 3. The minimum Gasteiger partial charge on any atom is -0.288 e. The van der Waals surface area contributed by atoms with Crippen molar-refractivity contribution >= 4 is 22.4 Å². The molecule has 1 aliphatic carbocycles. The lowest BCUT2D eigenvalue weighted by Crippen LogP contribution is -2.46. The standard InChI is InChI=1S/C21H22ClN3O/c22-18-10-8-17(9-11-18)21(12-4-1-5-13-21)23-15-25-20(26)19-7-3-2-6-16(19)14-24-25/h2-3,6-11,14,23H,1,4-5,12-13,15H2. The molecule has 1 saturated carbocycles. The van der Waals surface area contributed by atoms with Crippen LogP contribution in [0.1, 0.15) is 37.7 Å². The SMILES string of the molecule is O=c1c2ccccc2cnn1CNC1(c2ccc(Cl)cc2)CCCCC1. The topological polar surface area (TPSA) is 46.9 Å². The summed E-state index contributed by atoms with van der Waals surface area (Å²) >= 11 is 6.07. The van der Waals surface area contributed by atoms with Crippen molar-refractivity contribution in [1.82, 2.24) is 15.1 Å². The Balaban J connectivity index is 1.64. The lowest BCUT2D eigenvalue weighted by Gasteiger charge is -2.39. The van der Waals surface area contributed by atoms with E-state index >= 15 is 0 Å². The first kappa shape index (κ1) is 17.3. The number of nitrogens with zero attached hydrogens (tertiary/aromatic N) is 2. The van der Waals surface area contributed by atoms with E-state index in [0.29, 0.717) is 12.1 Å². The summed E-state index contributed by atoms with van der Waals surface area (Å²) in [5.74, 6) is 0. The predicted octanol–water partition coefficient (Wildman–Crippen LogP) is 4.46. The molecule has 4 nitrogen and oxygen atoms in total. The summed E-state index contributed by atoms with van der Waals surface area (Å²) in [5, 5.41) is 10.3. The van der Waals surface area contributed by atoms with Crippen molar-refractivity contribution in [3.8, 4) is 0 Å². The van der Waals surface area contributed by atoms with Crippen LogP contribution in [0.25, 0.3) is 10.8 Å². The molecular formula is C21H22ClN3O. The minimum atomic E-state index is -0.129. The van der Waals surface area contributed by atoms with Crippen LogP contribution in [0.15, 0.2) is 59.5 Å². The van der Waals surface area contributed by atoms with Gasteiger partial charge in [0.2, 0.25) is 0 Å². The monoisotopic (exact) mass is 367 g/mol. The summed E-state index contributed by atoms with van der Waals surface area (Å²) in [6.07, 6.45) is 7.47. The van der Waals surface area contributed by atoms with E-state index in [1.54, 1.807) is 6.20 Å². The van der Waals surface area contributed by atoms with Crippen LogP contribution in [-0.2, 0) is 12.2 Å². The first-order chi connectivity index (χ1) is 12.7. The summed E-state index contributed by atoms with van der Waals surface area (Å²) in [7, 11) is 0. The van der Waals surface area contributed by atoms with Gasteiger partial charge < -0.3 is 0 Å². The third-order valence-electron chi connectivity index (χ3n) is 5.43. The number of aromatic nitrogens is 2. The zero-order valence-corrected chi connectivity index (χ0v) is 15.4. The summed E-state index contributed by atoms with van der Waals surface area (Å²) in [6, 6.07) is 15.6. The second-order valence-corrected chi connectivity index (χ2v) is 7.46. The Labute approximate surface area is 157 Å². The number of rotatable bonds is 4. The van der Waals surface area contributed by atoms with Crippen molar-refractivity contribution in [3.05, 3.63) is 75.7 Å². The molecule has 134 valence electrons. The molecular weight excluding hydrogens is 346 g/mol. The van der Waals surface area contributed by atoms with Gasteiger partial charge >= 0.3 is 0 Å². The minimum absolute atomic E-state index is 0.0577. The number of benzene rings is 2. The quantitative estimate of drug-likeness (QED) is 0.740. The van der Waals surface area contributed by atoms with Gasteiger partial charge in [0.05, 0.1) is 18.3 Å². The molecule has 0 spiro atoms. The Hall–Kier alpha value is -2.17. The van der Waals surface area contributed by atoms with E-state index in [2.05, 4.69) is 22.5 Å². The highest BCUT2D eigenvalue weighted by Crippen LogP contribution is 2.37. The van der Waals surface area contributed by atoms with E-state index in [9.17, 15) is 4.79 Å². The van der Waals surface area contributed by atoms with Gasteiger partial charge in [0, 0.05) is 15.9 Å². The van der Waals surface area contributed by atoms with Gasteiger partial charge in [-0.2, -0.15) is 5.10 Å². The molecule has 0 atom stereocenters. The fraction of sp³-hybridized carbons (Fsp3) is 0.333. The van der Waals surface area contributed by atoms with Crippen molar-refractivity contribution in [2.45, 2.75) is 44.3 Å². The Morgan fingerprint density at radius 3 is 2.54 bits per heavy atom. The summed E-state index contributed by atoms with van der Waals surface area (Å²) < 4.78 is 1.52. The van der Waals surface area contributed by atoms with Gasteiger partial charge in [-0.3, -0.25) is 10.1 Å². The molecule has 0 unspecified atom stereocenters. The first-order valence-corrected chi connectivity index (χ1v) is 9.52. The Bertz CT molecular complexity index is 959. The fourth-order valence-electron chi connectivity index (χ4n) is 3.96. The van der Waals surface area contributed by atoms with Gasteiger partial charge in [-0.05, 0) is 36.6 Å². The molecule has 1 aliphatic rings. The highest BCUT2D eigenvalue weighted by Gasteiger charge is 2.33. The van der Waals surface area contributed by atoms with Crippen molar-refractivity contribution in [1.29, 1.82) is 0 Å². The van der Waals surface area contributed by atoms with Gasteiger partial charge in [-0.25, -0.2) is 4.68 Å². The lowest BCUT2D eigenvalue weighted by molar-refractivity contribution is 0.210. The molecule has 1 N–H and O–H groups in total. The van der Waals surface area contributed by atoms with Gasteiger partial charge in [0.15, 0.2) is 0 Å². The number of nitrogens with one attached hydrogen (secondary N) is 1. The maximum absolute atomic E-state index is 12.7. The van der Waals surface area contributed by atoms with Gasteiger partial charge in [0.1, 0.15) is 0 Å². The van der Waals surface area contributed by atoms with Crippen LogP contribution in [0.5, 0.6) is 0 Å². The van der Waals surface area contributed by atoms with Crippen molar-refractivity contribution in [2.75, 3.05) is 0 Å². The zero-order valence-electron chi connectivity index (χ0n) is 14.6. The van der Waals surface area contributed by atoms with E-state index < -0.39 is 0 Å². The molecule has 0 bridgehead atoms. The van der Waals surface area contributed by atoms with Crippen LogP contribution in [0.3, 0.4) is 0 Å². The summed E-state index contributed by atoms with van der Waals surface area (Å²) in [6.45, 7) is 0.395. The molecule has 1 heterocycles. The molecule has 0 radical (unpaired) electrons. The summed E-state index contributed by atoms with van der Waals surface area (Å²) in [5.41, 5.74) is 1.04. The second-order valence-electron chi connectivity index (χ2n) is 7.02. The smallest absolute Gasteiger partial charge is 0.275 e. The number of hydrogen-bond donors (Lipinski definition) is 1. The molecule has 3 aromatic rings. The normalized spacial score (nSPS) is 16.7. The van der Waals surface area contributed by atoms with Gasteiger partial charge in [-0.1, -0.05) is 61.2 Å². The van der Waals surface area contributed by atoms with E-state index in [4.69, 9.17) is 11.6 Å². The van der Waals surface area contributed by atoms with Crippen LogP contribution in [0, 0.1) is 0 Å². The zero-order chi connectivity index (χ0) is 18.0. The third-order valence-corrected chi connectivity index (χ3v) is 5.68. The molecule has 1 fully saturated rings. The van der Waals surface area contributed by atoms with Crippen molar-refractivity contribution < 1.29 is 0 Å². The molecule has 1 aromatic heterocycles. The highest BCUT2D eigenvalue weighted by atomic mass is 35.5. The Morgan fingerprint density at radius 2 is 1.77 bits per heavy atom. The molecule has 2 aromatic carbocycles. The van der Waals surface area contributed by atoms with E-state index in [-0.39, 0.29) is 11.1 Å². The van der Waals surface area contributed by atoms with Crippen molar-refractivity contribution in [2.24, 2.45) is 0 Å². The third kappa shape index (κ3) is 3.27. The average Bonchev–Trinajstić information content (AvgIpc) is 2.69. The molecule has 0 saturated heterocycles. The molecule has 5 heteroatoms. The van der Waals surface area contributed by atoms with Crippen LogP contribution < -0.4 is 10.9 Å². The Morgan fingerprint density at radius 1 is 1.04 bits per heavy atom. The van der Waals surface area contributed by atoms with Crippen LogP contribution in [0.2, 0.25) is 5.02 Å². The largest absolute Gasteiger partial charge is 0.288 e. The maximum Gasteiger partial charge on any atom is 0.275 e. The lowest BCUT2D eigenvalue weighted by atomic mass is 9.76. The summed E-state index contributed by atoms with van der Waals surface area (Å²) in [4.78, 5) is 12.7. The van der Waals surface area contributed by atoms with Gasteiger partial charge in [-0.15, -0.1) is 0 Å². The second kappa shape index (κ2) is 7.22. The van der Waals surface area contributed by atoms with E-state index in [1.807, 2.05) is 36.4 Å². The first-order valence-electron chi connectivity index (χ1n) is 9.14. The van der Waals surface area contributed by atoms with Gasteiger partial charge in [0.25, 0.3) is 5.56 Å². The molecule has 26 heavy (non-hydrogen) atoms. The number of halogens is 1. The molecule has 4 rings (SSSR count). The average molecular weight is 368 g/mol.